The molecule has 5 nitrogen and oxygen atoms in total. The Kier molecular flexibility index (Phi) is 4.31. The summed E-state index contributed by atoms with van der Waals surface area (Å²) in [6, 6.07) is 0. The molecule has 1 rings (SSSR count). The molecule has 0 saturated heterocycles. The van der Waals surface area contributed by atoms with Crippen LogP contribution in [-0.4, -0.2) is 37.2 Å². The number of halogens is 3. The highest BCUT2D eigenvalue weighted by Gasteiger charge is 2.35. The average Bonchev–Trinajstić information content (AvgIpc) is 2.58. The van der Waals surface area contributed by atoms with Gasteiger partial charge >= 0.3 is 6.18 Å². The largest absolute Gasteiger partial charge is 0.445 e. The lowest BCUT2D eigenvalue weighted by molar-refractivity contribution is -0.138. The molecule has 0 saturated carbocycles. The number of nitrogens with one attached hydrogen (secondary N) is 1. The predicted molar refractivity (Wildman–Crippen MR) is 57.7 cm³/mol. The Morgan fingerprint density at radius 3 is 2.47 bits per heavy atom. The van der Waals surface area contributed by atoms with Gasteiger partial charge in [-0.05, 0) is 6.42 Å². The van der Waals surface area contributed by atoms with Gasteiger partial charge < -0.3 is 5.32 Å². The highest BCUT2D eigenvalue weighted by molar-refractivity contribution is 7.90. The number of aromatic nitrogens is 2. The summed E-state index contributed by atoms with van der Waals surface area (Å²) in [4.78, 5) is 0. The first-order valence-electron chi connectivity index (χ1n) is 4.51. The molecule has 1 heterocycles. The molecule has 0 unspecified atom stereocenters. The number of hydrogen-bond acceptors (Lipinski definition) is 6. The Labute approximate surface area is 100.0 Å². The van der Waals surface area contributed by atoms with Crippen LogP contribution in [-0.2, 0) is 16.0 Å². The Morgan fingerprint density at radius 1 is 1.35 bits per heavy atom. The van der Waals surface area contributed by atoms with Crippen LogP contribution in [0.5, 0.6) is 0 Å². The third-order valence-electron chi connectivity index (χ3n) is 1.64. The van der Waals surface area contributed by atoms with E-state index in [4.69, 9.17) is 0 Å². The number of hydrogen-bond donors (Lipinski definition) is 1. The van der Waals surface area contributed by atoms with E-state index in [1.165, 1.54) is 0 Å². The smallest absolute Gasteiger partial charge is 0.360 e. The highest BCUT2D eigenvalue weighted by atomic mass is 32.2. The van der Waals surface area contributed by atoms with Gasteiger partial charge in [-0.2, -0.15) is 13.2 Å². The van der Waals surface area contributed by atoms with Crippen LogP contribution in [0.1, 0.15) is 11.4 Å². The van der Waals surface area contributed by atoms with Crippen LogP contribution in [0.2, 0.25) is 0 Å². The summed E-state index contributed by atoms with van der Waals surface area (Å²) in [5, 5.41) is 7.88. The van der Waals surface area contributed by atoms with E-state index in [2.05, 4.69) is 15.5 Å². The fourth-order valence-corrected chi connectivity index (χ4v) is 2.24. The van der Waals surface area contributed by atoms with Gasteiger partial charge in [-0.3, -0.25) is 0 Å². The summed E-state index contributed by atoms with van der Waals surface area (Å²) in [7, 11) is -3.05. The van der Waals surface area contributed by atoms with E-state index in [1.807, 2.05) is 0 Å². The van der Waals surface area contributed by atoms with Crippen molar-refractivity contribution in [2.75, 3.05) is 23.9 Å². The van der Waals surface area contributed by atoms with E-state index in [1.54, 1.807) is 0 Å². The van der Waals surface area contributed by atoms with Crippen LogP contribution in [0.15, 0.2) is 0 Å². The molecule has 0 bridgehead atoms. The first kappa shape index (κ1) is 14.2. The molecule has 1 aromatic rings. The lowest BCUT2D eigenvalue weighted by atomic mass is 10.5. The lowest BCUT2D eigenvalue weighted by Gasteiger charge is -2.00. The molecule has 0 amide bonds. The number of alkyl halides is 3. The summed E-state index contributed by atoms with van der Waals surface area (Å²) in [6.07, 6.45) is -3.09. The van der Waals surface area contributed by atoms with Crippen molar-refractivity contribution in [3.8, 4) is 0 Å². The van der Waals surface area contributed by atoms with Crippen LogP contribution in [0.3, 0.4) is 0 Å². The second-order valence-electron chi connectivity index (χ2n) is 3.32. The number of sulfone groups is 1. The third-order valence-corrected chi connectivity index (χ3v) is 3.59. The molecule has 0 aliphatic rings. The van der Waals surface area contributed by atoms with E-state index in [-0.39, 0.29) is 17.4 Å². The van der Waals surface area contributed by atoms with E-state index in [9.17, 15) is 21.6 Å². The Balaban J connectivity index is 2.41. The molecule has 98 valence electrons. The quantitative estimate of drug-likeness (QED) is 0.830. The Bertz CT molecular complexity index is 469. The number of anilines is 1. The van der Waals surface area contributed by atoms with Crippen molar-refractivity contribution in [1.29, 1.82) is 0 Å². The molecular formula is C7H10F3N3O2S2. The van der Waals surface area contributed by atoms with Gasteiger partial charge in [-0.1, -0.05) is 11.3 Å². The van der Waals surface area contributed by atoms with Crippen molar-refractivity contribution >= 4 is 26.3 Å². The van der Waals surface area contributed by atoms with E-state index >= 15 is 0 Å². The summed E-state index contributed by atoms with van der Waals surface area (Å²) in [5.41, 5.74) is 0. The van der Waals surface area contributed by atoms with Gasteiger partial charge in [0.15, 0.2) is 0 Å². The van der Waals surface area contributed by atoms with Gasteiger partial charge in [-0.15, -0.1) is 10.2 Å². The van der Waals surface area contributed by atoms with Crippen LogP contribution in [0.4, 0.5) is 18.3 Å². The minimum Gasteiger partial charge on any atom is -0.360 e. The first-order valence-corrected chi connectivity index (χ1v) is 7.38. The number of nitrogens with zero attached hydrogens (tertiary/aromatic N) is 2. The standard InChI is InChI=1S/C7H10F3N3O2S2/c1-17(14,15)4-2-3-11-6-13-12-5(16-6)7(8,9)10/h2-4H2,1H3,(H,11,13). The zero-order valence-electron chi connectivity index (χ0n) is 8.78. The fourth-order valence-electron chi connectivity index (χ4n) is 0.939. The summed E-state index contributed by atoms with van der Waals surface area (Å²) in [6.45, 7) is 0.236. The first-order chi connectivity index (χ1) is 7.68. The van der Waals surface area contributed by atoms with Crippen LogP contribution < -0.4 is 5.32 Å². The third kappa shape index (κ3) is 5.31. The molecule has 1 aromatic heterocycles. The van der Waals surface area contributed by atoms with Crippen molar-refractivity contribution in [1.82, 2.24) is 10.2 Å². The minimum absolute atomic E-state index is 0.0229. The maximum Gasteiger partial charge on any atom is 0.445 e. The normalized spacial score (nSPS) is 12.7. The van der Waals surface area contributed by atoms with Gasteiger partial charge in [0.05, 0.1) is 5.75 Å². The Morgan fingerprint density at radius 2 is 2.00 bits per heavy atom. The van der Waals surface area contributed by atoms with E-state index in [0.29, 0.717) is 17.8 Å². The molecule has 0 atom stereocenters. The highest BCUT2D eigenvalue weighted by Crippen LogP contribution is 2.32. The molecule has 10 heteroatoms. The molecule has 0 fully saturated rings. The van der Waals surface area contributed by atoms with Crippen molar-refractivity contribution in [3.63, 3.8) is 0 Å². The average molecular weight is 289 g/mol. The van der Waals surface area contributed by atoms with Crippen LogP contribution >= 0.6 is 11.3 Å². The van der Waals surface area contributed by atoms with Gasteiger partial charge in [0.2, 0.25) is 10.1 Å². The van der Waals surface area contributed by atoms with Crippen molar-refractivity contribution in [3.05, 3.63) is 5.01 Å². The molecule has 0 aromatic carbocycles. The van der Waals surface area contributed by atoms with Crippen molar-refractivity contribution < 1.29 is 21.6 Å². The monoisotopic (exact) mass is 289 g/mol. The fraction of sp³-hybridized carbons (Fsp3) is 0.714. The van der Waals surface area contributed by atoms with Crippen LogP contribution in [0.25, 0.3) is 0 Å². The zero-order valence-corrected chi connectivity index (χ0v) is 10.4. The van der Waals surface area contributed by atoms with Crippen molar-refractivity contribution in [2.45, 2.75) is 12.6 Å². The molecule has 17 heavy (non-hydrogen) atoms. The van der Waals surface area contributed by atoms with Crippen molar-refractivity contribution in [2.24, 2.45) is 0 Å². The SMILES string of the molecule is CS(=O)(=O)CCCNc1nnc(C(F)(F)F)s1. The number of rotatable bonds is 5. The van der Waals surface area contributed by atoms with Gasteiger partial charge in [0.25, 0.3) is 0 Å². The maximum atomic E-state index is 12.1. The van der Waals surface area contributed by atoms with Gasteiger partial charge in [-0.25, -0.2) is 8.42 Å². The maximum absolute atomic E-state index is 12.1. The van der Waals surface area contributed by atoms with E-state index in [0.717, 1.165) is 6.26 Å². The minimum atomic E-state index is -4.50. The molecule has 0 radical (unpaired) electrons. The molecular weight excluding hydrogens is 279 g/mol. The predicted octanol–water partition coefficient (Wildman–Crippen LogP) is 1.40. The summed E-state index contributed by atoms with van der Waals surface area (Å²) in [5.74, 6) is -0.0229. The Hall–Kier alpha value is -0.900. The van der Waals surface area contributed by atoms with Crippen LogP contribution in [0, 0.1) is 0 Å². The summed E-state index contributed by atoms with van der Waals surface area (Å²) >= 11 is 0.390. The lowest BCUT2D eigenvalue weighted by Crippen LogP contribution is -2.09. The molecule has 0 spiro atoms. The molecule has 0 aliphatic heterocycles. The summed E-state index contributed by atoms with van der Waals surface area (Å²) < 4.78 is 58.0. The van der Waals surface area contributed by atoms with E-state index < -0.39 is 21.0 Å². The topological polar surface area (TPSA) is 72.0 Å². The van der Waals surface area contributed by atoms with Gasteiger partial charge in [0, 0.05) is 12.8 Å². The van der Waals surface area contributed by atoms with Gasteiger partial charge in [0.1, 0.15) is 9.84 Å². The second-order valence-corrected chi connectivity index (χ2v) is 6.56. The molecule has 1 N–H and O–H groups in total. The molecule has 0 aliphatic carbocycles. The zero-order chi connectivity index (χ0) is 13.1. The second kappa shape index (κ2) is 5.17.